The van der Waals surface area contributed by atoms with Gasteiger partial charge >= 0.3 is 0 Å². The van der Waals surface area contributed by atoms with Crippen LogP contribution < -0.4 is 0 Å². The number of hydrogen-bond acceptors (Lipinski definition) is 0. The summed E-state index contributed by atoms with van der Waals surface area (Å²) >= 11 is 0. The highest BCUT2D eigenvalue weighted by atomic mass is 14.2. The zero-order valence-corrected chi connectivity index (χ0v) is 9.36. The van der Waals surface area contributed by atoms with Crippen LogP contribution in [0.4, 0.5) is 0 Å². The Labute approximate surface area is 83.4 Å². The van der Waals surface area contributed by atoms with Crippen LogP contribution in [-0.2, 0) is 0 Å². The Morgan fingerprint density at radius 2 is 1.69 bits per heavy atom. The molecule has 0 aromatic heterocycles. The van der Waals surface area contributed by atoms with Crippen molar-refractivity contribution in [2.45, 2.75) is 71.6 Å². The van der Waals surface area contributed by atoms with Crippen molar-refractivity contribution >= 4 is 0 Å². The topological polar surface area (TPSA) is 0 Å². The van der Waals surface area contributed by atoms with Gasteiger partial charge in [-0.3, -0.25) is 0 Å². The van der Waals surface area contributed by atoms with Gasteiger partial charge in [-0.05, 0) is 38.5 Å². The van der Waals surface area contributed by atoms with Crippen LogP contribution in [0, 0.1) is 0 Å². The third-order valence-corrected chi connectivity index (χ3v) is 3.22. The molecule has 0 N–H and O–H groups in total. The van der Waals surface area contributed by atoms with Crippen molar-refractivity contribution in [3.63, 3.8) is 0 Å². The van der Waals surface area contributed by atoms with Crippen LogP contribution in [0.15, 0.2) is 11.1 Å². The van der Waals surface area contributed by atoms with E-state index in [2.05, 4.69) is 13.8 Å². The minimum Gasteiger partial charge on any atom is -0.0713 e. The summed E-state index contributed by atoms with van der Waals surface area (Å²) in [5, 5.41) is 0. The average molecular weight is 180 g/mol. The van der Waals surface area contributed by atoms with Crippen molar-refractivity contribution < 1.29 is 0 Å². The third-order valence-electron chi connectivity index (χ3n) is 3.22. The van der Waals surface area contributed by atoms with Gasteiger partial charge in [-0.2, -0.15) is 0 Å². The lowest BCUT2D eigenvalue weighted by atomic mass is 10.0. The molecule has 76 valence electrons. The molecule has 0 amide bonds. The molecule has 0 bridgehead atoms. The van der Waals surface area contributed by atoms with Crippen molar-refractivity contribution in [2.75, 3.05) is 0 Å². The van der Waals surface area contributed by atoms with Gasteiger partial charge in [-0.15, -0.1) is 0 Å². The van der Waals surface area contributed by atoms with E-state index >= 15 is 0 Å². The first-order valence-electron chi connectivity index (χ1n) is 6.08. The molecule has 0 unspecified atom stereocenters. The first kappa shape index (κ1) is 10.8. The molecular weight excluding hydrogens is 156 g/mol. The largest absolute Gasteiger partial charge is 0.0713 e. The lowest BCUT2D eigenvalue weighted by Crippen LogP contribution is -1.84. The van der Waals surface area contributed by atoms with Crippen LogP contribution in [0.2, 0.25) is 0 Å². The number of unbranched alkanes of at least 4 members (excludes halogenated alkanes) is 3. The molecule has 0 heterocycles. The standard InChI is InChI=1S/C13H24/c1-3-5-6-7-9-13-11-8-10-12(13)4-2/h3-11H2,1-2H3. The van der Waals surface area contributed by atoms with Crippen molar-refractivity contribution in [3.05, 3.63) is 11.1 Å². The van der Waals surface area contributed by atoms with Crippen LogP contribution in [0.5, 0.6) is 0 Å². The van der Waals surface area contributed by atoms with Gasteiger partial charge in [0.1, 0.15) is 0 Å². The molecule has 0 spiro atoms. The molecule has 0 aliphatic heterocycles. The summed E-state index contributed by atoms with van der Waals surface area (Å²) < 4.78 is 0. The Kier molecular flexibility index (Phi) is 5.19. The predicted octanol–water partition coefficient (Wildman–Crippen LogP) is 4.85. The van der Waals surface area contributed by atoms with E-state index in [1.54, 1.807) is 5.57 Å². The summed E-state index contributed by atoms with van der Waals surface area (Å²) in [4.78, 5) is 0. The zero-order chi connectivity index (χ0) is 9.52. The maximum atomic E-state index is 2.31. The van der Waals surface area contributed by atoms with E-state index in [-0.39, 0.29) is 0 Å². The number of hydrogen-bond donors (Lipinski definition) is 0. The van der Waals surface area contributed by atoms with E-state index in [0.717, 1.165) is 0 Å². The molecule has 0 radical (unpaired) electrons. The highest BCUT2D eigenvalue weighted by Crippen LogP contribution is 2.31. The fraction of sp³-hybridized carbons (Fsp3) is 0.846. The lowest BCUT2D eigenvalue weighted by molar-refractivity contribution is 0.656. The normalized spacial score (nSPS) is 17.1. The molecule has 1 aliphatic rings. The van der Waals surface area contributed by atoms with E-state index in [9.17, 15) is 0 Å². The van der Waals surface area contributed by atoms with Gasteiger partial charge < -0.3 is 0 Å². The first-order valence-corrected chi connectivity index (χ1v) is 6.08. The number of allylic oxidation sites excluding steroid dienone is 2. The Bertz CT molecular complexity index is 165. The van der Waals surface area contributed by atoms with Crippen molar-refractivity contribution in [1.82, 2.24) is 0 Å². The second-order valence-electron chi connectivity index (χ2n) is 4.22. The molecule has 1 aliphatic carbocycles. The van der Waals surface area contributed by atoms with E-state index < -0.39 is 0 Å². The first-order chi connectivity index (χ1) is 6.38. The molecule has 0 nitrogen and oxygen atoms in total. The van der Waals surface area contributed by atoms with Gasteiger partial charge in [0, 0.05) is 0 Å². The molecule has 1 rings (SSSR count). The van der Waals surface area contributed by atoms with Crippen molar-refractivity contribution in [3.8, 4) is 0 Å². The minimum absolute atomic E-state index is 1.31. The monoisotopic (exact) mass is 180 g/mol. The summed E-state index contributed by atoms with van der Waals surface area (Å²) in [6, 6.07) is 0. The second kappa shape index (κ2) is 6.23. The minimum atomic E-state index is 1.31. The Balaban J connectivity index is 2.19. The Morgan fingerprint density at radius 3 is 2.38 bits per heavy atom. The van der Waals surface area contributed by atoms with Crippen molar-refractivity contribution in [1.29, 1.82) is 0 Å². The van der Waals surface area contributed by atoms with Crippen molar-refractivity contribution in [2.24, 2.45) is 0 Å². The highest BCUT2D eigenvalue weighted by Gasteiger charge is 2.11. The third kappa shape index (κ3) is 3.54. The van der Waals surface area contributed by atoms with Gasteiger partial charge in [0.05, 0.1) is 0 Å². The quantitative estimate of drug-likeness (QED) is 0.405. The smallest absolute Gasteiger partial charge is 0.0315 e. The van der Waals surface area contributed by atoms with Crippen LogP contribution in [-0.4, -0.2) is 0 Å². The van der Waals surface area contributed by atoms with Crippen LogP contribution >= 0.6 is 0 Å². The summed E-state index contributed by atoms with van der Waals surface area (Å²) in [6.07, 6.45) is 12.6. The molecule has 0 atom stereocenters. The fourth-order valence-electron chi connectivity index (χ4n) is 2.36. The molecule has 0 saturated heterocycles. The highest BCUT2D eigenvalue weighted by molar-refractivity contribution is 5.18. The second-order valence-corrected chi connectivity index (χ2v) is 4.22. The summed E-state index contributed by atoms with van der Waals surface area (Å²) in [5.41, 5.74) is 3.61. The van der Waals surface area contributed by atoms with Gasteiger partial charge in [0.15, 0.2) is 0 Å². The molecule has 0 heteroatoms. The molecule has 13 heavy (non-hydrogen) atoms. The predicted molar refractivity (Wildman–Crippen MR) is 59.9 cm³/mol. The summed E-state index contributed by atoms with van der Waals surface area (Å²) in [5.74, 6) is 0. The molecular formula is C13H24. The molecule has 0 aromatic carbocycles. The Morgan fingerprint density at radius 1 is 0.923 bits per heavy atom. The van der Waals surface area contributed by atoms with Crippen LogP contribution in [0.25, 0.3) is 0 Å². The summed E-state index contributed by atoms with van der Waals surface area (Å²) in [6.45, 7) is 4.60. The lowest BCUT2D eigenvalue weighted by Gasteiger charge is -2.04. The maximum Gasteiger partial charge on any atom is -0.0315 e. The molecule has 0 aromatic rings. The van der Waals surface area contributed by atoms with Crippen LogP contribution in [0.1, 0.15) is 71.6 Å². The van der Waals surface area contributed by atoms with E-state index in [4.69, 9.17) is 0 Å². The summed E-state index contributed by atoms with van der Waals surface area (Å²) in [7, 11) is 0. The molecule has 0 saturated carbocycles. The Hall–Kier alpha value is -0.260. The van der Waals surface area contributed by atoms with E-state index in [0.29, 0.717) is 0 Å². The molecule has 0 fully saturated rings. The maximum absolute atomic E-state index is 2.31. The van der Waals surface area contributed by atoms with Gasteiger partial charge in [-0.1, -0.05) is 44.3 Å². The fourth-order valence-corrected chi connectivity index (χ4v) is 2.36. The SMILES string of the molecule is CCCCCCC1=C(CC)CCC1. The van der Waals surface area contributed by atoms with Crippen LogP contribution in [0.3, 0.4) is 0 Å². The van der Waals surface area contributed by atoms with E-state index in [1.165, 1.54) is 57.8 Å². The van der Waals surface area contributed by atoms with Gasteiger partial charge in [0.25, 0.3) is 0 Å². The zero-order valence-electron chi connectivity index (χ0n) is 9.36. The van der Waals surface area contributed by atoms with Gasteiger partial charge in [0.2, 0.25) is 0 Å². The van der Waals surface area contributed by atoms with E-state index in [1.807, 2.05) is 5.57 Å². The number of rotatable bonds is 6. The van der Waals surface area contributed by atoms with Gasteiger partial charge in [-0.25, -0.2) is 0 Å². The average Bonchev–Trinajstić information content (AvgIpc) is 2.60.